The van der Waals surface area contributed by atoms with Crippen molar-refractivity contribution in [2.45, 2.75) is 71.1 Å². The standard InChI is InChI=1S/C18F15N.C14H28N2/c19-1-4(22)10(28)16(11(29)5(1)23)34(17-12(30)6(24)2(20)7(25)13(17)31)18-14(32)8(26)3(21)9(27)15(18)33;1-2-3-4-5-6-7-8-9-10-11-14-15-12-13-16-14/h;2-13H2,1H3,(H,15,16). The van der Waals surface area contributed by atoms with Crippen molar-refractivity contribution in [1.29, 1.82) is 0 Å². The number of anilines is 3. The van der Waals surface area contributed by atoms with E-state index in [2.05, 4.69) is 17.2 Å². The summed E-state index contributed by atoms with van der Waals surface area (Å²) in [6.45, 7) is 4.33. The molecule has 1 heterocycles. The molecule has 0 saturated carbocycles. The molecule has 0 saturated heterocycles. The lowest BCUT2D eigenvalue weighted by molar-refractivity contribution is 0.369. The molecule has 0 amide bonds. The van der Waals surface area contributed by atoms with Gasteiger partial charge in [-0.15, -0.1) is 0 Å². The highest BCUT2D eigenvalue weighted by Crippen LogP contribution is 2.46. The van der Waals surface area contributed by atoms with Gasteiger partial charge in [0.05, 0.1) is 12.4 Å². The number of nitrogens with zero attached hydrogens (tertiary/aromatic N) is 2. The first-order valence-electron chi connectivity index (χ1n) is 15.2. The summed E-state index contributed by atoms with van der Waals surface area (Å²) >= 11 is 0. The van der Waals surface area contributed by atoms with Crippen LogP contribution in [0.4, 0.5) is 82.9 Å². The van der Waals surface area contributed by atoms with Crippen LogP contribution in [0.15, 0.2) is 4.99 Å². The lowest BCUT2D eigenvalue weighted by atomic mass is 10.1. The van der Waals surface area contributed by atoms with E-state index in [0.717, 1.165) is 13.1 Å². The third kappa shape index (κ3) is 8.42. The van der Waals surface area contributed by atoms with Crippen molar-refractivity contribution < 1.29 is 65.9 Å². The lowest BCUT2D eigenvalue weighted by Crippen LogP contribution is -2.24. The Morgan fingerprint density at radius 2 is 0.700 bits per heavy atom. The molecule has 0 atom stereocenters. The first-order valence-corrected chi connectivity index (χ1v) is 15.2. The zero-order chi connectivity index (χ0) is 37.4. The number of nitrogens with one attached hydrogen (secondary N) is 1. The van der Waals surface area contributed by atoms with Crippen molar-refractivity contribution in [1.82, 2.24) is 5.32 Å². The van der Waals surface area contributed by atoms with Crippen molar-refractivity contribution in [3.8, 4) is 0 Å². The van der Waals surface area contributed by atoms with Crippen molar-refractivity contribution >= 4 is 22.9 Å². The first-order chi connectivity index (χ1) is 23.6. The second-order valence-electron chi connectivity index (χ2n) is 10.9. The fraction of sp³-hybridized carbons (Fsp3) is 0.406. The molecule has 3 aromatic carbocycles. The van der Waals surface area contributed by atoms with Crippen molar-refractivity contribution in [2.75, 3.05) is 18.0 Å². The SMILES string of the molecule is CCCCCCCCCCCC1=NCCN1.Fc1c(F)c(F)c(N(c2c(F)c(F)c(F)c(F)c2F)c2c(F)c(F)c(F)c(F)c2F)c(F)c1F. The molecule has 50 heavy (non-hydrogen) atoms. The number of benzene rings is 3. The largest absolute Gasteiger partial charge is 0.372 e. The van der Waals surface area contributed by atoms with E-state index in [1.165, 1.54) is 70.0 Å². The molecule has 4 rings (SSSR count). The van der Waals surface area contributed by atoms with Crippen LogP contribution in [0.5, 0.6) is 0 Å². The summed E-state index contributed by atoms with van der Waals surface area (Å²) in [7, 11) is 0. The van der Waals surface area contributed by atoms with Crippen LogP contribution in [-0.2, 0) is 0 Å². The highest BCUT2D eigenvalue weighted by Gasteiger charge is 2.41. The molecule has 3 aromatic rings. The van der Waals surface area contributed by atoms with E-state index in [-0.39, 0.29) is 0 Å². The Bertz CT molecular complexity index is 1480. The average molecular weight is 740 g/mol. The van der Waals surface area contributed by atoms with Gasteiger partial charge < -0.3 is 5.32 Å². The smallest absolute Gasteiger partial charge is 0.200 e. The van der Waals surface area contributed by atoms with Crippen LogP contribution in [0.2, 0.25) is 0 Å². The van der Waals surface area contributed by atoms with Gasteiger partial charge in [0.15, 0.2) is 69.8 Å². The second-order valence-corrected chi connectivity index (χ2v) is 10.9. The Morgan fingerprint density at radius 3 is 0.980 bits per heavy atom. The molecule has 1 aliphatic heterocycles. The van der Waals surface area contributed by atoms with Crippen molar-refractivity contribution in [2.24, 2.45) is 4.99 Å². The summed E-state index contributed by atoms with van der Waals surface area (Å²) in [5, 5.41) is 3.33. The summed E-state index contributed by atoms with van der Waals surface area (Å²) < 4.78 is 208. The van der Waals surface area contributed by atoms with Gasteiger partial charge in [-0.1, -0.05) is 58.3 Å². The molecule has 1 N–H and O–H groups in total. The molecule has 1 aliphatic rings. The maximum Gasteiger partial charge on any atom is 0.200 e. The molecule has 0 fully saturated rings. The highest BCUT2D eigenvalue weighted by atomic mass is 19.2. The molecule has 0 aromatic heterocycles. The van der Waals surface area contributed by atoms with E-state index < -0.39 is 109 Å². The highest BCUT2D eigenvalue weighted by molar-refractivity contribution is 5.83. The van der Waals surface area contributed by atoms with E-state index in [9.17, 15) is 65.9 Å². The van der Waals surface area contributed by atoms with Gasteiger partial charge in [-0.2, -0.15) is 0 Å². The van der Waals surface area contributed by atoms with Gasteiger partial charge in [-0.25, -0.2) is 65.9 Å². The molecule has 276 valence electrons. The van der Waals surface area contributed by atoms with E-state index in [4.69, 9.17) is 0 Å². The molecule has 0 aliphatic carbocycles. The lowest BCUT2D eigenvalue weighted by Gasteiger charge is -2.28. The summed E-state index contributed by atoms with van der Waals surface area (Å²) in [6.07, 6.45) is 13.8. The molecule has 0 radical (unpaired) electrons. The molecule has 0 unspecified atom stereocenters. The number of hydrogen-bond donors (Lipinski definition) is 1. The summed E-state index contributed by atoms with van der Waals surface area (Å²) in [5.41, 5.74) is -8.53. The summed E-state index contributed by atoms with van der Waals surface area (Å²) in [5.74, 6) is -44.7. The molecule has 18 heteroatoms. The Morgan fingerprint density at radius 1 is 0.420 bits per heavy atom. The Balaban J connectivity index is 0.000000354. The van der Waals surface area contributed by atoms with Crippen LogP contribution in [0.3, 0.4) is 0 Å². The minimum Gasteiger partial charge on any atom is -0.372 e. The molecule has 3 nitrogen and oxygen atoms in total. The molecular formula is C32H28F15N3. The van der Waals surface area contributed by atoms with E-state index >= 15 is 0 Å². The van der Waals surface area contributed by atoms with Gasteiger partial charge in [0.25, 0.3) is 0 Å². The Labute approximate surface area is 275 Å². The normalized spacial score (nSPS) is 12.5. The predicted octanol–water partition coefficient (Wildman–Crippen LogP) is 11.2. The van der Waals surface area contributed by atoms with Gasteiger partial charge in [0.2, 0.25) is 17.5 Å². The van der Waals surface area contributed by atoms with Crippen molar-refractivity contribution in [3.05, 3.63) is 87.3 Å². The number of aliphatic imine (C=N–C) groups is 1. The van der Waals surface area contributed by atoms with Crippen LogP contribution in [0.1, 0.15) is 71.1 Å². The van der Waals surface area contributed by atoms with Gasteiger partial charge in [-0.05, 0) is 6.42 Å². The van der Waals surface area contributed by atoms with E-state index in [1.54, 1.807) is 0 Å². The monoisotopic (exact) mass is 739 g/mol. The zero-order valence-corrected chi connectivity index (χ0v) is 26.0. The van der Waals surface area contributed by atoms with E-state index in [1.807, 2.05) is 0 Å². The number of amidine groups is 1. The van der Waals surface area contributed by atoms with Crippen LogP contribution in [0, 0.1) is 87.3 Å². The van der Waals surface area contributed by atoms with Gasteiger partial charge in [-0.3, -0.25) is 9.89 Å². The van der Waals surface area contributed by atoms with Gasteiger partial charge in [0.1, 0.15) is 17.1 Å². The molecule has 0 bridgehead atoms. The number of hydrogen-bond acceptors (Lipinski definition) is 3. The van der Waals surface area contributed by atoms with Crippen LogP contribution < -0.4 is 10.2 Å². The van der Waals surface area contributed by atoms with Crippen molar-refractivity contribution in [3.63, 3.8) is 0 Å². The maximum absolute atomic E-state index is 14.3. The Hall–Kier alpha value is -4.12. The van der Waals surface area contributed by atoms with Gasteiger partial charge in [0, 0.05) is 13.0 Å². The topological polar surface area (TPSA) is 27.6 Å². The second kappa shape index (κ2) is 17.7. The number of rotatable bonds is 13. The van der Waals surface area contributed by atoms with Crippen LogP contribution in [0.25, 0.3) is 0 Å². The fourth-order valence-corrected chi connectivity index (χ4v) is 4.92. The minimum absolute atomic E-state index is 0.993. The third-order valence-corrected chi connectivity index (χ3v) is 7.49. The van der Waals surface area contributed by atoms with E-state index in [0.29, 0.717) is 0 Å². The average Bonchev–Trinajstić information content (AvgIpc) is 3.63. The molecular weight excluding hydrogens is 711 g/mol. The summed E-state index contributed by atoms with van der Waals surface area (Å²) in [4.78, 5) is 2.86. The van der Waals surface area contributed by atoms with Gasteiger partial charge >= 0.3 is 0 Å². The number of halogens is 15. The third-order valence-electron chi connectivity index (χ3n) is 7.49. The first kappa shape index (κ1) is 40.3. The minimum atomic E-state index is -3.12. The zero-order valence-electron chi connectivity index (χ0n) is 26.0. The molecule has 0 spiro atoms. The quantitative estimate of drug-likeness (QED) is 0.0818. The Kier molecular flexibility index (Phi) is 14.3. The van der Waals surface area contributed by atoms with Crippen LogP contribution in [-0.4, -0.2) is 18.9 Å². The fourth-order valence-electron chi connectivity index (χ4n) is 4.92. The summed E-state index contributed by atoms with van der Waals surface area (Å²) in [6, 6.07) is 0. The number of unbranched alkanes of at least 4 members (excludes halogenated alkanes) is 8. The maximum atomic E-state index is 14.3. The predicted molar refractivity (Wildman–Crippen MR) is 153 cm³/mol. The van der Waals surface area contributed by atoms with Crippen LogP contribution >= 0.6 is 0 Å².